The van der Waals surface area contributed by atoms with Gasteiger partial charge in [0, 0.05) is 7.05 Å². The molecule has 2 heteroatoms. The van der Waals surface area contributed by atoms with Gasteiger partial charge in [0.25, 0.3) is 0 Å². The van der Waals surface area contributed by atoms with Gasteiger partial charge in [0.2, 0.25) is 0 Å². The Morgan fingerprint density at radius 1 is 1.31 bits per heavy atom. The van der Waals surface area contributed by atoms with Gasteiger partial charge in [0.1, 0.15) is 0 Å². The molecule has 0 spiro atoms. The molecule has 0 atom stereocenters. The predicted octanol–water partition coefficient (Wildman–Crippen LogP) is 2.73. The summed E-state index contributed by atoms with van der Waals surface area (Å²) in [6, 6.07) is 7.99. The molecule has 1 rings (SSSR count). The first-order valence-electron chi connectivity index (χ1n) is 4.39. The van der Waals surface area contributed by atoms with E-state index >= 15 is 0 Å². The van der Waals surface area contributed by atoms with Crippen LogP contribution in [0.15, 0.2) is 24.3 Å². The fourth-order valence-corrected chi connectivity index (χ4v) is 1.34. The molecule has 0 amide bonds. The molecule has 1 aromatic rings. The van der Waals surface area contributed by atoms with Crippen LogP contribution in [0.4, 0.5) is 5.69 Å². The van der Waals surface area contributed by atoms with E-state index in [9.17, 15) is 0 Å². The smallest absolute Gasteiger partial charge is 0.184 e. The van der Waals surface area contributed by atoms with Crippen molar-refractivity contribution >= 4 is 5.69 Å². The highest BCUT2D eigenvalue weighted by molar-refractivity contribution is 5.56. The fraction of sp³-hybridized carbons (Fsp3) is 0.364. The average molecular weight is 174 g/mol. The molecular weight excluding hydrogens is 160 g/mol. The maximum absolute atomic E-state index is 8.77. The summed E-state index contributed by atoms with van der Waals surface area (Å²) in [6.45, 7) is 4.26. The highest BCUT2D eigenvalue weighted by atomic mass is 15.1. The molecule has 0 aliphatic heterocycles. The fourth-order valence-electron chi connectivity index (χ4n) is 1.34. The van der Waals surface area contributed by atoms with E-state index in [1.807, 2.05) is 18.2 Å². The number of benzene rings is 1. The number of nitriles is 1. The van der Waals surface area contributed by atoms with E-state index < -0.39 is 0 Å². The zero-order valence-corrected chi connectivity index (χ0v) is 8.28. The van der Waals surface area contributed by atoms with Crippen molar-refractivity contribution in [3.8, 4) is 6.19 Å². The van der Waals surface area contributed by atoms with Gasteiger partial charge in [0.15, 0.2) is 6.19 Å². The third kappa shape index (κ3) is 2.00. The Bertz CT molecular complexity index is 323. The van der Waals surface area contributed by atoms with E-state index in [1.165, 1.54) is 5.56 Å². The van der Waals surface area contributed by atoms with Crippen LogP contribution in [0.3, 0.4) is 0 Å². The van der Waals surface area contributed by atoms with Crippen molar-refractivity contribution in [1.29, 1.82) is 5.26 Å². The minimum atomic E-state index is 0.451. The van der Waals surface area contributed by atoms with Gasteiger partial charge in [-0.15, -0.1) is 0 Å². The molecule has 68 valence electrons. The minimum Gasteiger partial charge on any atom is -0.282 e. The first kappa shape index (κ1) is 9.60. The highest BCUT2D eigenvalue weighted by Gasteiger charge is 2.08. The zero-order valence-electron chi connectivity index (χ0n) is 8.28. The van der Waals surface area contributed by atoms with Crippen LogP contribution in [0.2, 0.25) is 0 Å². The summed E-state index contributed by atoms with van der Waals surface area (Å²) in [5.74, 6) is 0.451. The van der Waals surface area contributed by atoms with E-state index in [4.69, 9.17) is 5.26 Å². The Balaban J connectivity index is 3.13. The molecule has 0 N–H and O–H groups in total. The Kier molecular flexibility index (Phi) is 2.92. The van der Waals surface area contributed by atoms with Crippen molar-refractivity contribution in [1.82, 2.24) is 0 Å². The monoisotopic (exact) mass is 174 g/mol. The van der Waals surface area contributed by atoms with Gasteiger partial charge in [-0.05, 0) is 17.5 Å². The van der Waals surface area contributed by atoms with Crippen LogP contribution in [0, 0.1) is 11.5 Å². The van der Waals surface area contributed by atoms with E-state index in [0.29, 0.717) is 5.92 Å². The van der Waals surface area contributed by atoms with Crippen LogP contribution in [0.25, 0.3) is 0 Å². The van der Waals surface area contributed by atoms with Gasteiger partial charge in [-0.2, -0.15) is 5.26 Å². The van der Waals surface area contributed by atoms with Crippen molar-refractivity contribution in [2.45, 2.75) is 19.8 Å². The summed E-state index contributed by atoms with van der Waals surface area (Å²) in [6.07, 6.45) is 2.11. The molecule has 0 radical (unpaired) electrons. The molecule has 0 saturated heterocycles. The molecule has 0 unspecified atom stereocenters. The first-order chi connectivity index (χ1) is 6.16. The van der Waals surface area contributed by atoms with Crippen molar-refractivity contribution < 1.29 is 0 Å². The summed E-state index contributed by atoms with van der Waals surface area (Å²) < 4.78 is 0. The van der Waals surface area contributed by atoms with Gasteiger partial charge < -0.3 is 0 Å². The van der Waals surface area contributed by atoms with Gasteiger partial charge in [-0.25, -0.2) is 0 Å². The lowest BCUT2D eigenvalue weighted by atomic mass is 10.0. The maximum atomic E-state index is 8.77. The van der Waals surface area contributed by atoms with Gasteiger partial charge in [-0.3, -0.25) is 4.90 Å². The number of hydrogen-bond donors (Lipinski definition) is 0. The Labute approximate surface area is 79.4 Å². The molecule has 0 saturated carbocycles. The van der Waals surface area contributed by atoms with Crippen molar-refractivity contribution in [2.24, 2.45) is 0 Å². The Hall–Kier alpha value is -1.49. The maximum Gasteiger partial charge on any atom is 0.184 e. The van der Waals surface area contributed by atoms with E-state index in [2.05, 4.69) is 26.1 Å². The van der Waals surface area contributed by atoms with Crippen molar-refractivity contribution in [3.63, 3.8) is 0 Å². The van der Waals surface area contributed by atoms with E-state index in [-0.39, 0.29) is 0 Å². The summed E-state index contributed by atoms with van der Waals surface area (Å²) >= 11 is 0. The predicted molar refractivity (Wildman–Crippen MR) is 54.5 cm³/mol. The molecule has 0 fully saturated rings. The van der Waals surface area contributed by atoms with Crippen LogP contribution in [0.1, 0.15) is 25.3 Å². The summed E-state index contributed by atoms with van der Waals surface area (Å²) in [7, 11) is 1.78. The third-order valence-electron chi connectivity index (χ3n) is 2.07. The summed E-state index contributed by atoms with van der Waals surface area (Å²) in [5.41, 5.74) is 2.21. The van der Waals surface area contributed by atoms with E-state index in [1.54, 1.807) is 11.9 Å². The van der Waals surface area contributed by atoms with Crippen LogP contribution in [-0.4, -0.2) is 7.05 Å². The van der Waals surface area contributed by atoms with Gasteiger partial charge >= 0.3 is 0 Å². The molecule has 0 aromatic heterocycles. The molecule has 2 nitrogen and oxygen atoms in total. The van der Waals surface area contributed by atoms with Crippen LogP contribution in [-0.2, 0) is 0 Å². The van der Waals surface area contributed by atoms with Crippen molar-refractivity contribution in [2.75, 3.05) is 11.9 Å². The largest absolute Gasteiger partial charge is 0.282 e. The highest BCUT2D eigenvalue weighted by Crippen LogP contribution is 2.25. The Morgan fingerprint density at radius 3 is 2.46 bits per heavy atom. The molecular formula is C11H14N2. The third-order valence-corrected chi connectivity index (χ3v) is 2.07. The number of anilines is 1. The zero-order chi connectivity index (χ0) is 9.84. The second kappa shape index (κ2) is 3.95. The quantitative estimate of drug-likeness (QED) is 0.509. The molecule has 13 heavy (non-hydrogen) atoms. The van der Waals surface area contributed by atoms with Crippen LogP contribution in [0.5, 0.6) is 0 Å². The molecule has 0 bridgehead atoms. The second-order valence-corrected chi connectivity index (χ2v) is 3.37. The second-order valence-electron chi connectivity index (χ2n) is 3.37. The number of rotatable bonds is 2. The van der Waals surface area contributed by atoms with Crippen LogP contribution >= 0.6 is 0 Å². The number of para-hydroxylation sites is 1. The van der Waals surface area contributed by atoms with Crippen molar-refractivity contribution in [3.05, 3.63) is 29.8 Å². The number of hydrogen-bond acceptors (Lipinski definition) is 2. The molecule has 0 heterocycles. The lowest BCUT2D eigenvalue weighted by Gasteiger charge is -2.16. The minimum absolute atomic E-state index is 0.451. The Morgan fingerprint density at radius 2 is 1.92 bits per heavy atom. The summed E-state index contributed by atoms with van der Waals surface area (Å²) in [4.78, 5) is 1.59. The normalized spacial score (nSPS) is 9.77. The van der Waals surface area contributed by atoms with Crippen LogP contribution < -0.4 is 4.90 Å². The van der Waals surface area contributed by atoms with Gasteiger partial charge in [-0.1, -0.05) is 32.0 Å². The number of nitrogens with zero attached hydrogens (tertiary/aromatic N) is 2. The summed E-state index contributed by atoms with van der Waals surface area (Å²) in [5, 5.41) is 8.77. The molecule has 0 aliphatic rings. The van der Waals surface area contributed by atoms with Gasteiger partial charge in [0.05, 0.1) is 5.69 Å². The lowest BCUT2D eigenvalue weighted by molar-refractivity contribution is 0.862. The SMILES string of the molecule is CC(C)c1ccccc1N(C)C#N. The topological polar surface area (TPSA) is 27.0 Å². The standard InChI is InChI=1S/C11H14N2/c1-9(2)10-6-4-5-7-11(10)13(3)8-12/h4-7,9H,1-3H3. The first-order valence-corrected chi connectivity index (χ1v) is 4.39. The van der Waals surface area contributed by atoms with E-state index in [0.717, 1.165) is 5.69 Å². The molecule has 1 aromatic carbocycles. The lowest BCUT2D eigenvalue weighted by Crippen LogP contribution is -2.11. The average Bonchev–Trinajstić information content (AvgIpc) is 2.16. The molecule has 0 aliphatic carbocycles.